The molecule has 4 heteroatoms. The molecule has 0 saturated heterocycles. The summed E-state index contributed by atoms with van der Waals surface area (Å²) in [5.74, 6) is 1.49. The number of ether oxygens (including phenoxy) is 1. The van der Waals surface area contributed by atoms with E-state index >= 15 is 0 Å². The van der Waals surface area contributed by atoms with Crippen LogP contribution in [0.1, 0.15) is 11.1 Å². The molecule has 0 aliphatic heterocycles. The summed E-state index contributed by atoms with van der Waals surface area (Å²) in [6.07, 6.45) is 1.65. The van der Waals surface area contributed by atoms with E-state index in [0.717, 1.165) is 11.1 Å². The van der Waals surface area contributed by atoms with Crippen molar-refractivity contribution < 1.29 is 9.84 Å². The van der Waals surface area contributed by atoms with Gasteiger partial charge in [0.1, 0.15) is 5.75 Å². The second-order valence-corrected chi connectivity index (χ2v) is 3.78. The largest absolute Gasteiger partial charge is 0.439 e. The molecule has 88 valence electrons. The van der Waals surface area contributed by atoms with Crippen LogP contribution >= 0.6 is 11.6 Å². The molecular formula is C13H12ClNO2. The maximum Gasteiger partial charge on any atom is 0.223 e. The summed E-state index contributed by atoms with van der Waals surface area (Å²) in [6, 6.07) is 10.9. The molecule has 2 aromatic rings. The standard InChI is InChI=1S/C13H12ClNO2/c14-8-11-4-2-6-15-13(11)17-12-5-1-3-10(7-12)9-16/h1-7,16H,8-9H2. The summed E-state index contributed by atoms with van der Waals surface area (Å²) in [6.45, 7) is -0.0121. The molecule has 0 atom stereocenters. The molecule has 2 rings (SSSR count). The highest BCUT2D eigenvalue weighted by molar-refractivity contribution is 6.17. The van der Waals surface area contributed by atoms with Crippen LogP contribution in [0.2, 0.25) is 0 Å². The Morgan fingerprint density at radius 1 is 1.24 bits per heavy atom. The van der Waals surface area contributed by atoms with Gasteiger partial charge in [-0.1, -0.05) is 18.2 Å². The Hall–Kier alpha value is -1.58. The molecule has 3 nitrogen and oxygen atoms in total. The van der Waals surface area contributed by atoms with Crippen LogP contribution in [0, 0.1) is 0 Å². The normalized spacial score (nSPS) is 10.2. The fourth-order valence-electron chi connectivity index (χ4n) is 1.44. The molecule has 0 aliphatic rings. The predicted molar refractivity (Wildman–Crippen MR) is 66.2 cm³/mol. The predicted octanol–water partition coefficient (Wildman–Crippen LogP) is 3.11. The number of halogens is 1. The Bertz CT molecular complexity index is 502. The molecule has 1 aromatic heterocycles. The second-order valence-electron chi connectivity index (χ2n) is 3.51. The van der Waals surface area contributed by atoms with Crippen molar-refractivity contribution in [1.29, 1.82) is 0 Å². The van der Waals surface area contributed by atoms with Gasteiger partial charge in [-0.05, 0) is 23.8 Å². The van der Waals surface area contributed by atoms with E-state index in [9.17, 15) is 0 Å². The fraction of sp³-hybridized carbons (Fsp3) is 0.154. The van der Waals surface area contributed by atoms with Crippen LogP contribution in [-0.4, -0.2) is 10.1 Å². The van der Waals surface area contributed by atoms with Crippen LogP contribution in [0.15, 0.2) is 42.6 Å². The van der Waals surface area contributed by atoms with Gasteiger partial charge >= 0.3 is 0 Å². The smallest absolute Gasteiger partial charge is 0.223 e. The summed E-state index contributed by atoms with van der Waals surface area (Å²) in [5.41, 5.74) is 1.63. The quantitative estimate of drug-likeness (QED) is 0.847. The van der Waals surface area contributed by atoms with Gasteiger partial charge in [-0.2, -0.15) is 0 Å². The number of alkyl halides is 1. The average Bonchev–Trinajstić information content (AvgIpc) is 2.39. The van der Waals surface area contributed by atoms with Gasteiger partial charge in [0.25, 0.3) is 0 Å². The highest BCUT2D eigenvalue weighted by Gasteiger charge is 2.05. The van der Waals surface area contributed by atoms with E-state index in [4.69, 9.17) is 21.4 Å². The molecule has 0 fully saturated rings. The van der Waals surface area contributed by atoms with Crippen molar-refractivity contribution in [3.05, 3.63) is 53.7 Å². The first-order chi connectivity index (χ1) is 8.33. The van der Waals surface area contributed by atoms with E-state index in [1.807, 2.05) is 30.3 Å². The molecule has 1 heterocycles. The Kier molecular flexibility index (Phi) is 3.96. The van der Waals surface area contributed by atoms with Gasteiger partial charge in [0.15, 0.2) is 0 Å². The Morgan fingerprint density at radius 3 is 2.88 bits per heavy atom. The van der Waals surface area contributed by atoms with Crippen LogP contribution in [0.4, 0.5) is 0 Å². The average molecular weight is 250 g/mol. The van der Waals surface area contributed by atoms with Gasteiger partial charge < -0.3 is 9.84 Å². The summed E-state index contributed by atoms with van der Waals surface area (Å²) in [5, 5.41) is 9.04. The third-order valence-corrected chi connectivity index (χ3v) is 2.58. The zero-order valence-electron chi connectivity index (χ0n) is 9.14. The lowest BCUT2D eigenvalue weighted by molar-refractivity contribution is 0.281. The Balaban J connectivity index is 2.24. The number of hydrogen-bond acceptors (Lipinski definition) is 3. The molecule has 1 aromatic carbocycles. The fourth-order valence-corrected chi connectivity index (χ4v) is 1.64. The van der Waals surface area contributed by atoms with Crippen molar-refractivity contribution in [3.8, 4) is 11.6 Å². The number of benzene rings is 1. The van der Waals surface area contributed by atoms with Crippen LogP contribution in [0.25, 0.3) is 0 Å². The summed E-state index contributed by atoms with van der Waals surface area (Å²) >= 11 is 5.80. The second kappa shape index (κ2) is 5.66. The van der Waals surface area contributed by atoms with E-state index in [0.29, 0.717) is 17.5 Å². The molecule has 0 bridgehead atoms. The van der Waals surface area contributed by atoms with Crippen molar-refractivity contribution >= 4 is 11.6 Å². The zero-order valence-corrected chi connectivity index (χ0v) is 9.89. The van der Waals surface area contributed by atoms with Gasteiger partial charge in [0.2, 0.25) is 5.88 Å². The number of aromatic nitrogens is 1. The first-order valence-corrected chi connectivity index (χ1v) is 5.74. The van der Waals surface area contributed by atoms with Crippen LogP contribution < -0.4 is 4.74 Å². The Morgan fingerprint density at radius 2 is 2.12 bits per heavy atom. The highest BCUT2D eigenvalue weighted by Crippen LogP contribution is 2.24. The summed E-state index contributed by atoms with van der Waals surface area (Å²) in [4.78, 5) is 4.13. The van der Waals surface area contributed by atoms with Crippen molar-refractivity contribution in [2.75, 3.05) is 0 Å². The number of nitrogens with zero attached hydrogens (tertiary/aromatic N) is 1. The van der Waals surface area contributed by atoms with Crippen LogP contribution in [0.5, 0.6) is 11.6 Å². The van der Waals surface area contributed by atoms with Crippen molar-refractivity contribution in [2.24, 2.45) is 0 Å². The van der Waals surface area contributed by atoms with Gasteiger partial charge in [-0.15, -0.1) is 11.6 Å². The van der Waals surface area contributed by atoms with Crippen molar-refractivity contribution in [2.45, 2.75) is 12.5 Å². The van der Waals surface area contributed by atoms with Crippen LogP contribution in [0.3, 0.4) is 0 Å². The molecule has 1 N–H and O–H groups in total. The highest BCUT2D eigenvalue weighted by atomic mass is 35.5. The SMILES string of the molecule is OCc1cccc(Oc2ncccc2CCl)c1. The topological polar surface area (TPSA) is 42.4 Å². The van der Waals surface area contributed by atoms with Crippen molar-refractivity contribution in [3.63, 3.8) is 0 Å². The third kappa shape index (κ3) is 2.96. The van der Waals surface area contributed by atoms with E-state index in [2.05, 4.69) is 4.98 Å². The minimum Gasteiger partial charge on any atom is -0.439 e. The van der Waals surface area contributed by atoms with E-state index in [1.54, 1.807) is 12.3 Å². The molecule has 0 aliphatic carbocycles. The number of hydrogen-bond donors (Lipinski definition) is 1. The van der Waals surface area contributed by atoms with E-state index in [-0.39, 0.29) is 6.61 Å². The van der Waals surface area contributed by atoms with Crippen LogP contribution in [-0.2, 0) is 12.5 Å². The van der Waals surface area contributed by atoms with Crippen molar-refractivity contribution in [1.82, 2.24) is 4.98 Å². The zero-order chi connectivity index (χ0) is 12.1. The van der Waals surface area contributed by atoms with Gasteiger partial charge in [0, 0.05) is 11.8 Å². The first kappa shape index (κ1) is 11.9. The third-order valence-electron chi connectivity index (χ3n) is 2.29. The monoisotopic (exact) mass is 249 g/mol. The summed E-state index contributed by atoms with van der Waals surface area (Å²) < 4.78 is 5.64. The van der Waals surface area contributed by atoms with Gasteiger partial charge in [0.05, 0.1) is 12.5 Å². The Labute approximate surface area is 105 Å². The molecular weight excluding hydrogens is 238 g/mol. The molecule has 0 saturated carbocycles. The van der Waals surface area contributed by atoms with E-state index < -0.39 is 0 Å². The van der Waals surface area contributed by atoms with E-state index in [1.165, 1.54) is 0 Å². The lowest BCUT2D eigenvalue weighted by Crippen LogP contribution is -1.93. The van der Waals surface area contributed by atoms with Gasteiger partial charge in [-0.3, -0.25) is 0 Å². The molecule has 17 heavy (non-hydrogen) atoms. The minimum atomic E-state index is -0.0121. The lowest BCUT2D eigenvalue weighted by Gasteiger charge is -2.08. The number of aliphatic hydroxyl groups is 1. The number of rotatable bonds is 4. The molecule has 0 radical (unpaired) electrons. The van der Waals surface area contributed by atoms with Gasteiger partial charge in [-0.25, -0.2) is 4.98 Å². The lowest BCUT2D eigenvalue weighted by atomic mass is 10.2. The maximum atomic E-state index is 9.04. The number of pyridine rings is 1. The minimum absolute atomic E-state index is 0.0121. The first-order valence-electron chi connectivity index (χ1n) is 5.21. The molecule has 0 unspecified atom stereocenters. The molecule has 0 amide bonds. The summed E-state index contributed by atoms with van der Waals surface area (Å²) in [7, 11) is 0. The number of aliphatic hydroxyl groups excluding tert-OH is 1. The maximum absolute atomic E-state index is 9.04. The molecule has 0 spiro atoms.